The van der Waals surface area contributed by atoms with Gasteiger partial charge in [0.05, 0.1) is 18.3 Å². The average molecular weight is 281 g/mol. The van der Waals surface area contributed by atoms with Gasteiger partial charge in [-0.15, -0.1) is 0 Å². The first kappa shape index (κ1) is 16.4. The Hall–Kier alpha value is -1.66. The Bertz CT molecular complexity index is 474. The number of aliphatic hydroxyl groups excluding tert-OH is 1. The lowest BCUT2D eigenvalue weighted by Gasteiger charge is -2.15. The van der Waals surface area contributed by atoms with Gasteiger partial charge in [-0.05, 0) is 26.3 Å². The lowest BCUT2D eigenvalue weighted by Crippen LogP contribution is -2.37. The Kier molecular flexibility index (Phi) is 6.41. The van der Waals surface area contributed by atoms with E-state index in [0.29, 0.717) is 13.0 Å². The van der Waals surface area contributed by atoms with Crippen molar-refractivity contribution in [1.82, 2.24) is 15.1 Å². The fourth-order valence-electron chi connectivity index (χ4n) is 1.99. The number of carbonyl (C=O) groups is 1. The summed E-state index contributed by atoms with van der Waals surface area (Å²) in [5.74, 6) is -0.205. The summed E-state index contributed by atoms with van der Waals surface area (Å²) < 4.78 is 6.78. The molecule has 0 fully saturated rings. The molecule has 20 heavy (non-hydrogen) atoms. The van der Waals surface area contributed by atoms with E-state index >= 15 is 0 Å². The molecule has 6 nitrogen and oxygen atoms in total. The van der Waals surface area contributed by atoms with Gasteiger partial charge in [0, 0.05) is 38.1 Å². The monoisotopic (exact) mass is 281 g/mol. The van der Waals surface area contributed by atoms with E-state index in [1.54, 1.807) is 17.9 Å². The van der Waals surface area contributed by atoms with Gasteiger partial charge in [0.25, 0.3) is 0 Å². The number of hydrogen-bond donors (Lipinski definition) is 2. The van der Waals surface area contributed by atoms with Gasteiger partial charge in [-0.3, -0.25) is 9.48 Å². The molecule has 0 aromatic carbocycles. The molecule has 112 valence electrons. The van der Waals surface area contributed by atoms with E-state index in [2.05, 4.69) is 10.4 Å². The van der Waals surface area contributed by atoms with Crippen molar-refractivity contribution in [3.05, 3.63) is 23.0 Å². The van der Waals surface area contributed by atoms with E-state index in [-0.39, 0.29) is 18.6 Å². The normalized spacial score (nSPS) is 12.8. The summed E-state index contributed by atoms with van der Waals surface area (Å²) in [6, 6.07) is -0.182. The summed E-state index contributed by atoms with van der Waals surface area (Å²) in [6.07, 6.45) is 3.71. The van der Waals surface area contributed by atoms with Crippen molar-refractivity contribution in [3.8, 4) is 0 Å². The van der Waals surface area contributed by atoms with Crippen LogP contribution in [0.3, 0.4) is 0 Å². The number of carbonyl (C=O) groups excluding carboxylic acids is 1. The van der Waals surface area contributed by atoms with Crippen molar-refractivity contribution >= 4 is 12.0 Å². The first-order valence-corrected chi connectivity index (χ1v) is 6.58. The van der Waals surface area contributed by atoms with Crippen molar-refractivity contribution in [1.29, 1.82) is 0 Å². The molecule has 1 rings (SSSR count). The van der Waals surface area contributed by atoms with Gasteiger partial charge < -0.3 is 15.2 Å². The summed E-state index contributed by atoms with van der Waals surface area (Å²) in [5, 5.41) is 16.0. The van der Waals surface area contributed by atoms with E-state index < -0.39 is 0 Å². The number of methoxy groups -OCH3 is 1. The number of aliphatic hydroxyl groups is 1. The summed E-state index contributed by atoms with van der Waals surface area (Å²) in [7, 11) is 3.43. The second-order valence-corrected chi connectivity index (χ2v) is 4.71. The van der Waals surface area contributed by atoms with Crippen LogP contribution in [-0.4, -0.2) is 47.2 Å². The van der Waals surface area contributed by atoms with E-state index in [9.17, 15) is 4.79 Å². The van der Waals surface area contributed by atoms with Crippen LogP contribution >= 0.6 is 0 Å². The molecule has 1 amide bonds. The van der Waals surface area contributed by atoms with Gasteiger partial charge in [0.15, 0.2) is 0 Å². The third-order valence-electron chi connectivity index (χ3n) is 3.16. The zero-order valence-electron chi connectivity index (χ0n) is 12.5. The highest BCUT2D eigenvalue weighted by Gasteiger charge is 2.10. The van der Waals surface area contributed by atoms with Crippen molar-refractivity contribution in [2.45, 2.75) is 26.3 Å². The number of aromatic nitrogens is 2. The fraction of sp³-hybridized carbons (Fsp3) is 0.571. The zero-order valence-corrected chi connectivity index (χ0v) is 12.5. The largest absolute Gasteiger partial charge is 0.396 e. The molecule has 1 unspecified atom stereocenters. The Morgan fingerprint density at radius 2 is 2.25 bits per heavy atom. The van der Waals surface area contributed by atoms with Crippen LogP contribution in [0.2, 0.25) is 0 Å². The quantitative estimate of drug-likeness (QED) is 0.716. The van der Waals surface area contributed by atoms with Gasteiger partial charge in [-0.1, -0.05) is 0 Å². The molecule has 0 aliphatic rings. The van der Waals surface area contributed by atoms with Crippen molar-refractivity contribution < 1.29 is 14.6 Å². The van der Waals surface area contributed by atoms with Crippen LogP contribution in [0.1, 0.15) is 23.4 Å². The standard InChI is InChI=1S/C14H23N3O3/c1-10-13(11(2)17(3)16-10)5-6-14(19)15-12(7-8-18)9-20-4/h5-6,12,18H,7-9H2,1-4H3,(H,15,19)/b6-5+. The van der Waals surface area contributed by atoms with Crippen LogP contribution in [-0.2, 0) is 16.6 Å². The van der Waals surface area contributed by atoms with E-state index in [4.69, 9.17) is 9.84 Å². The van der Waals surface area contributed by atoms with Crippen molar-refractivity contribution in [2.75, 3.05) is 20.3 Å². The van der Waals surface area contributed by atoms with Crippen LogP contribution in [0.4, 0.5) is 0 Å². The number of nitrogens with zero attached hydrogens (tertiary/aromatic N) is 2. The van der Waals surface area contributed by atoms with Crippen molar-refractivity contribution in [2.24, 2.45) is 7.05 Å². The minimum absolute atomic E-state index is 0.0127. The first-order valence-electron chi connectivity index (χ1n) is 6.58. The summed E-state index contributed by atoms with van der Waals surface area (Å²) >= 11 is 0. The average Bonchev–Trinajstić information content (AvgIpc) is 2.62. The summed E-state index contributed by atoms with van der Waals surface area (Å²) in [6.45, 7) is 4.26. The topological polar surface area (TPSA) is 76.4 Å². The molecule has 0 saturated carbocycles. The minimum Gasteiger partial charge on any atom is -0.396 e. The van der Waals surface area contributed by atoms with Gasteiger partial charge in [-0.25, -0.2) is 0 Å². The third-order valence-corrected chi connectivity index (χ3v) is 3.16. The van der Waals surface area contributed by atoms with E-state index in [1.165, 1.54) is 6.08 Å². The molecular weight excluding hydrogens is 258 g/mol. The molecule has 0 aliphatic carbocycles. The maximum absolute atomic E-state index is 11.8. The van der Waals surface area contributed by atoms with Crippen LogP contribution in [0.25, 0.3) is 6.08 Å². The van der Waals surface area contributed by atoms with E-state index in [0.717, 1.165) is 17.0 Å². The number of amides is 1. The van der Waals surface area contributed by atoms with Crippen LogP contribution in [0.5, 0.6) is 0 Å². The van der Waals surface area contributed by atoms with Crippen LogP contribution in [0, 0.1) is 13.8 Å². The zero-order chi connectivity index (χ0) is 15.1. The molecule has 2 N–H and O–H groups in total. The second kappa shape index (κ2) is 7.81. The highest BCUT2D eigenvalue weighted by atomic mass is 16.5. The van der Waals surface area contributed by atoms with Crippen LogP contribution < -0.4 is 5.32 Å². The highest BCUT2D eigenvalue weighted by molar-refractivity contribution is 5.92. The Morgan fingerprint density at radius 3 is 2.75 bits per heavy atom. The Balaban J connectivity index is 2.67. The maximum atomic E-state index is 11.8. The summed E-state index contributed by atoms with van der Waals surface area (Å²) in [5.41, 5.74) is 2.85. The SMILES string of the molecule is COCC(CCO)NC(=O)/C=C/c1c(C)nn(C)c1C. The smallest absolute Gasteiger partial charge is 0.244 e. The minimum atomic E-state index is -0.205. The second-order valence-electron chi connectivity index (χ2n) is 4.71. The lowest BCUT2D eigenvalue weighted by atomic mass is 10.2. The number of rotatable bonds is 7. The van der Waals surface area contributed by atoms with Crippen molar-refractivity contribution in [3.63, 3.8) is 0 Å². The number of ether oxygens (including phenoxy) is 1. The number of nitrogens with one attached hydrogen (secondary N) is 1. The lowest BCUT2D eigenvalue weighted by molar-refractivity contribution is -0.117. The Labute approximate surface area is 119 Å². The third kappa shape index (κ3) is 4.47. The van der Waals surface area contributed by atoms with Crippen LogP contribution in [0.15, 0.2) is 6.08 Å². The molecule has 0 radical (unpaired) electrons. The van der Waals surface area contributed by atoms with Gasteiger partial charge in [0.2, 0.25) is 5.91 Å². The van der Waals surface area contributed by atoms with Gasteiger partial charge in [0.1, 0.15) is 0 Å². The Morgan fingerprint density at radius 1 is 1.55 bits per heavy atom. The number of aryl methyl sites for hydroxylation is 2. The molecule has 6 heteroatoms. The molecule has 0 spiro atoms. The molecule has 1 aromatic heterocycles. The molecule has 1 aromatic rings. The first-order chi connectivity index (χ1) is 9.49. The highest BCUT2D eigenvalue weighted by Crippen LogP contribution is 2.13. The van der Waals surface area contributed by atoms with Gasteiger partial charge >= 0.3 is 0 Å². The fourth-order valence-corrected chi connectivity index (χ4v) is 1.99. The predicted octanol–water partition coefficient (Wildman–Crippen LogP) is 0.564. The maximum Gasteiger partial charge on any atom is 0.244 e. The predicted molar refractivity (Wildman–Crippen MR) is 77.2 cm³/mol. The number of hydrogen-bond acceptors (Lipinski definition) is 4. The van der Waals surface area contributed by atoms with E-state index in [1.807, 2.05) is 20.9 Å². The molecule has 0 bridgehead atoms. The molecule has 0 aliphatic heterocycles. The molecule has 1 heterocycles. The molecule has 0 saturated heterocycles. The molecular formula is C14H23N3O3. The summed E-state index contributed by atoms with van der Waals surface area (Å²) in [4.78, 5) is 11.8. The van der Waals surface area contributed by atoms with Gasteiger partial charge in [-0.2, -0.15) is 5.10 Å². The molecule has 1 atom stereocenters.